The zero-order valence-corrected chi connectivity index (χ0v) is 10.6. The number of rotatable bonds is 4. The Morgan fingerprint density at radius 2 is 2.06 bits per heavy atom. The lowest BCUT2D eigenvalue weighted by Crippen LogP contribution is -2.40. The van der Waals surface area contributed by atoms with Crippen LogP contribution in [0.1, 0.15) is 27.2 Å². The van der Waals surface area contributed by atoms with Crippen LogP contribution >= 0.6 is 0 Å². The fourth-order valence-corrected chi connectivity index (χ4v) is 1.51. The molecule has 0 atom stereocenters. The molecule has 2 N–H and O–H groups in total. The van der Waals surface area contributed by atoms with Crippen molar-refractivity contribution in [1.29, 1.82) is 0 Å². The molecular weight excluding hydrogens is 218 g/mol. The van der Waals surface area contributed by atoms with Gasteiger partial charge in [-0.05, 0) is 20.3 Å². The van der Waals surface area contributed by atoms with Crippen LogP contribution in [0.3, 0.4) is 0 Å². The van der Waals surface area contributed by atoms with Gasteiger partial charge in [-0.2, -0.15) is 0 Å². The normalized spacial score (nSPS) is 10.3. The summed E-state index contributed by atoms with van der Waals surface area (Å²) in [5.41, 5.74) is 6.06. The highest BCUT2D eigenvalue weighted by Crippen LogP contribution is 1.94. The number of aromatic nitrogens is 2. The predicted molar refractivity (Wildman–Crippen MR) is 69.1 cm³/mol. The summed E-state index contributed by atoms with van der Waals surface area (Å²) in [5.74, 6) is 0. The molecule has 0 bridgehead atoms. The van der Waals surface area contributed by atoms with Crippen molar-refractivity contribution in [3.05, 3.63) is 38.7 Å². The Kier molecular flexibility index (Phi) is 4.31. The molecule has 5 heteroatoms. The molecule has 1 aromatic heterocycles. The van der Waals surface area contributed by atoms with Gasteiger partial charge in [-0.1, -0.05) is 18.6 Å². The van der Waals surface area contributed by atoms with Gasteiger partial charge in [0.25, 0.3) is 5.56 Å². The van der Waals surface area contributed by atoms with E-state index in [0.717, 1.165) is 16.6 Å². The maximum atomic E-state index is 12.0. The molecule has 0 amide bonds. The average molecular weight is 237 g/mol. The third kappa shape index (κ3) is 3.09. The molecule has 1 rings (SSSR count). The molecule has 17 heavy (non-hydrogen) atoms. The molecule has 0 aliphatic rings. The Hall–Kier alpha value is -1.78. The highest BCUT2D eigenvalue weighted by molar-refractivity contribution is 5.31. The summed E-state index contributed by atoms with van der Waals surface area (Å²) in [5, 5.41) is 0. The molecule has 0 saturated heterocycles. The molecule has 0 aliphatic heterocycles. The average Bonchev–Trinajstić information content (AvgIpc) is 2.26. The summed E-state index contributed by atoms with van der Waals surface area (Å²) in [7, 11) is 0. The number of nitrogen functional groups attached to an aromatic ring is 1. The van der Waals surface area contributed by atoms with Crippen molar-refractivity contribution in [3.8, 4) is 0 Å². The van der Waals surface area contributed by atoms with Crippen LogP contribution in [0.15, 0.2) is 27.4 Å². The minimum atomic E-state index is -0.417. The van der Waals surface area contributed by atoms with Crippen LogP contribution < -0.4 is 17.0 Å². The monoisotopic (exact) mass is 237 g/mol. The van der Waals surface area contributed by atoms with E-state index < -0.39 is 5.56 Å². The SMILES string of the molecule is CCCn1cc(N)c(=O)n(CC=C(C)C)c1=O. The van der Waals surface area contributed by atoms with E-state index in [1.54, 1.807) is 0 Å². The highest BCUT2D eigenvalue weighted by atomic mass is 16.2. The maximum absolute atomic E-state index is 12.0. The first-order chi connectivity index (χ1) is 7.97. The number of anilines is 1. The number of aryl methyl sites for hydroxylation is 1. The molecule has 0 fully saturated rings. The van der Waals surface area contributed by atoms with Crippen molar-refractivity contribution in [2.75, 3.05) is 5.73 Å². The minimum Gasteiger partial charge on any atom is -0.393 e. The van der Waals surface area contributed by atoms with Gasteiger partial charge in [-0.15, -0.1) is 0 Å². The van der Waals surface area contributed by atoms with Crippen molar-refractivity contribution < 1.29 is 0 Å². The van der Waals surface area contributed by atoms with Crippen LogP contribution in [0.4, 0.5) is 5.69 Å². The zero-order chi connectivity index (χ0) is 13.0. The second kappa shape index (κ2) is 5.52. The van der Waals surface area contributed by atoms with E-state index in [1.807, 2.05) is 26.8 Å². The van der Waals surface area contributed by atoms with E-state index in [9.17, 15) is 9.59 Å². The number of nitrogens with two attached hydrogens (primary N) is 1. The zero-order valence-electron chi connectivity index (χ0n) is 10.6. The molecular formula is C12H19N3O2. The molecule has 0 radical (unpaired) electrons. The fourth-order valence-electron chi connectivity index (χ4n) is 1.51. The van der Waals surface area contributed by atoms with Crippen LogP contribution in [0, 0.1) is 0 Å². The number of hydrogen-bond acceptors (Lipinski definition) is 3. The highest BCUT2D eigenvalue weighted by Gasteiger charge is 2.07. The molecule has 5 nitrogen and oxygen atoms in total. The van der Waals surface area contributed by atoms with Crippen LogP contribution in [0.25, 0.3) is 0 Å². The van der Waals surface area contributed by atoms with E-state index >= 15 is 0 Å². The molecule has 0 spiro atoms. The standard InChI is InChI=1S/C12H19N3O2/c1-4-6-14-8-10(13)11(16)15(12(14)17)7-5-9(2)3/h5,8H,4,6-7,13H2,1-3H3. The minimum absolute atomic E-state index is 0.111. The second-order valence-corrected chi connectivity index (χ2v) is 4.26. The first kappa shape index (κ1) is 13.3. The maximum Gasteiger partial charge on any atom is 0.331 e. The second-order valence-electron chi connectivity index (χ2n) is 4.26. The number of allylic oxidation sites excluding steroid dienone is 2. The van der Waals surface area contributed by atoms with Crippen LogP contribution in [-0.4, -0.2) is 9.13 Å². The fraction of sp³-hybridized carbons (Fsp3) is 0.500. The van der Waals surface area contributed by atoms with Gasteiger partial charge in [0.05, 0.1) is 0 Å². The van der Waals surface area contributed by atoms with Crippen LogP contribution in [0.5, 0.6) is 0 Å². The van der Waals surface area contributed by atoms with E-state index in [4.69, 9.17) is 5.73 Å². The quantitative estimate of drug-likeness (QED) is 0.793. The summed E-state index contributed by atoms with van der Waals surface area (Å²) in [6.07, 6.45) is 4.08. The Bertz CT molecular complexity index is 534. The summed E-state index contributed by atoms with van der Waals surface area (Å²) in [6, 6.07) is 0. The van der Waals surface area contributed by atoms with E-state index in [2.05, 4.69) is 0 Å². The molecule has 0 aromatic carbocycles. The predicted octanol–water partition coefficient (Wildman–Crippen LogP) is 0.968. The van der Waals surface area contributed by atoms with Crippen LogP contribution in [-0.2, 0) is 13.1 Å². The number of nitrogens with zero attached hydrogens (tertiary/aromatic N) is 2. The first-order valence-corrected chi connectivity index (χ1v) is 5.70. The van der Waals surface area contributed by atoms with Gasteiger partial charge >= 0.3 is 5.69 Å². The van der Waals surface area contributed by atoms with Crippen molar-refractivity contribution in [3.63, 3.8) is 0 Å². The van der Waals surface area contributed by atoms with Gasteiger partial charge in [0, 0.05) is 19.3 Å². The summed E-state index contributed by atoms with van der Waals surface area (Å²) < 4.78 is 2.65. The summed E-state index contributed by atoms with van der Waals surface area (Å²) in [4.78, 5) is 23.7. The lowest BCUT2D eigenvalue weighted by atomic mass is 10.3. The van der Waals surface area contributed by atoms with Crippen molar-refractivity contribution in [2.45, 2.75) is 40.3 Å². The topological polar surface area (TPSA) is 70.0 Å². The van der Waals surface area contributed by atoms with Gasteiger partial charge in [0.1, 0.15) is 5.69 Å². The third-order valence-corrected chi connectivity index (χ3v) is 2.41. The lowest BCUT2D eigenvalue weighted by Gasteiger charge is -2.09. The van der Waals surface area contributed by atoms with E-state index in [1.165, 1.54) is 10.8 Å². The van der Waals surface area contributed by atoms with E-state index in [-0.39, 0.29) is 17.9 Å². The molecule has 1 heterocycles. The first-order valence-electron chi connectivity index (χ1n) is 5.70. The van der Waals surface area contributed by atoms with E-state index in [0.29, 0.717) is 6.54 Å². The van der Waals surface area contributed by atoms with Crippen molar-refractivity contribution in [2.24, 2.45) is 0 Å². The van der Waals surface area contributed by atoms with Gasteiger partial charge in [0.15, 0.2) is 0 Å². The Balaban J connectivity index is 3.32. The molecule has 1 aromatic rings. The van der Waals surface area contributed by atoms with Gasteiger partial charge in [-0.3, -0.25) is 13.9 Å². The Morgan fingerprint density at radius 1 is 1.41 bits per heavy atom. The molecule has 0 unspecified atom stereocenters. The number of hydrogen-bond donors (Lipinski definition) is 1. The van der Waals surface area contributed by atoms with Crippen molar-refractivity contribution in [1.82, 2.24) is 9.13 Å². The van der Waals surface area contributed by atoms with Crippen LogP contribution in [0.2, 0.25) is 0 Å². The summed E-state index contributed by atoms with van der Waals surface area (Å²) in [6.45, 7) is 6.64. The Labute approximate surface area is 100 Å². The van der Waals surface area contributed by atoms with Gasteiger partial charge in [0.2, 0.25) is 0 Å². The van der Waals surface area contributed by atoms with Gasteiger partial charge < -0.3 is 5.73 Å². The lowest BCUT2D eigenvalue weighted by molar-refractivity contribution is 0.577. The Morgan fingerprint density at radius 3 is 2.59 bits per heavy atom. The molecule has 94 valence electrons. The largest absolute Gasteiger partial charge is 0.393 e. The summed E-state index contributed by atoms with van der Waals surface area (Å²) >= 11 is 0. The third-order valence-electron chi connectivity index (χ3n) is 2.41. The van der Waals surface area contributed by atoms with Gasteiger partial charge in [-0.25, -0.2) is 4.79 Å². The molecule has 0 aliphatic carbocycles. The molecule has 0 saturated carbocycles. The van der Waals surface area contributed by atoms with Crippen molar-refractivity contribution >= 4 is 5.69 Å². The smallest absolute Gasteiger partial charge is 0.331 e.